The van der Waals surface area contributed by atoms with Gasteiger partial charge in [0.1, 0.15) is 12.4 Å². The molecule has 1 aromatic carbocycles. The lowest BCUT2D eigenvalue weighted by Crippen LogP contribution is -2.28. The highest BCUT2D eigenvalue weighted by molar-refractivity contribution is 5.42. The average molecular weight is 275 g/mol. The Morgan fingerprint density at radius 3 is 3.15 bits per heavy atom. The van der Waals surface area contributed by atoms with Crippen LogP contribution in [0.25, 0.3) is 0 Å². The Balaban J connectivity index is 1.75. The van der Waals surface area contributed by atoms with Crippen molar-refractivity contribution in [2.45, 2.75) is 18.4 Å². The standard InChI is InChI=1S/C14H17N3O3/c1-18-7-9(15)6-13-16-14(17-20-13)11-8-19-12-5-3-2-4-10(11)12/h2-5,9,11H,6-8,15H2,1H3. The van der Waals surface area contributed by atoms with Gasteiger partial charge in [0.25, 0.3) is 0 Å². The fraction of sp³-hybridized carbons (Fsp3) is 0.429. The molecule has 0 radical (unpaired) electrons. The van der Waals surface area contributed by atoms with Crippen LogP contribution >= 0.6 is 0 Å². The summed E-state index contributed by atoms with van der Waals surface area (Å²) < 4.78 is 15.9. The van der Waals surface area contributed by atoms with Crippen LogP contribution in [0, 0.1) is 0 Å². The lowest BCUT2D eigenvalue weighted by atomic mass is 10.0. The number of fused-ring (bicyclic) bond motifs is 1. The Hall–Kier alpha value is -1.92. The molecular weight excluding hydrogens is 258 g/mol. The van der Waals surface area contributed by atoms with Gasteiger partial charge < -0.3 is 19.7 Å². The quantitative estimate of drug-likeness (QED) is 0.880. The number of para-hydroxylation sites is 1. The fourth-order valence-corrected chi connectivity index (χ4v) is 2.37. The van der Waals surface area contributed by atoms with E-state index in [1.54, 1.807) is 7.11 Å². The van der Waals surface area contributed by atoms with Crippen LogP contribution in [0.4, 0.5) is 0 Å². The molecule has 1 aliphatic rings. The van der Waals surface area contributed by atoms with Gasteiger partial charge in [-0.15, -0.1) is 0 Å². The average Bonchev–Trinajstić information content (AvgIpc) is 3.05. The van der Waals surface area contributed by atoms with Crippen molar-refractivity contribution in [3.63, 3.8) is 0 Å². The first kappa shape index (κ1) is 13.1. The minimum Gasteiger partial charge on any atom is -0.492 e. The van der Waals surface area contributed by atoms with E-state index in [0.717, 1.165) is 11.3 Å². The molecule has 3 rings (SSSR count). The molecule has 0 spiro atoms. The molecule has 1 aromatic heterocycles. The second-order valence-electron chi connectivity index (χ2n) is 4.87. The predicted octanol–water partition coefficient (Wildman–Crippen LogP) is 1.11. The van der Waals surface area contributed by atoms with E-state index in [0.29, 0.717) is 31.3 Å². The summed E-state index contributed by atoms with van der Waals surface area (Å²) in [6, 6.07) is 7.77. The van der Waals surface area contributed by atoms with Crippen LogP contribution in [0.3, 0.4) is 0 Å². The Labute approximate surface area is 116 Å². The number of nitrogens with two attached hydrogens (primary N) is 1. The number of ether oxygens (including phenoxy) is 2. The maximum absolute atomic E-state index is 5.88. The third-order valence-electron chi connectivity index (χ3n) is 3.31. The smallest absolute Gasteiger partial charge is 0.228 e. The van der Waals surface area contributed by atoms with E-state index < -0.39 is 0 Å². The lowest BCUT2D eigenvalue weighted by molar-refractivity contribution is 0.176. The summed E-state index contributed by atoms with van der Waals surface area (Å²) in [6.45, 7) is 1.01. The van der Waals surface area contributed by atoms with Crippen molar-refractivity contribution < 1.29 is 14.0 Å². The monoisotopic (exact) mass is 275 g/mol. The molecule has 0 fully saturated rings. The molecule has 0 saturated carbocycles. The maximum Gasteiger partial charge on any atom is 0.228 e. The molecule has 6 heteroatoms. The van der Waals surface area contributed by atoms with Crippen molar-refractivity contribution in [3.8, 4) is 5.75 Å². The predicted molar refractivity (Wildman–Crippen MR) is 71.6 cm³/mol. The Kier molecular flexibility index (Phi) is 3.66. The van der Waals surface area contributed by atoms with Gasteiger partial charge in [0.15, 0.2) is 5.82 Å². The zero-order valence-electron chi connectivity index (χ0n) is 11.3. The summed E-state index contributed by atoms with van der Waals surface area (Å²) in [5.74, 6) is 2.10. The molecule has 2 heterocycles. The van der Waals surface area contributed by atoms with E-state index in [2.05, 4.69) is 10.1 Å². The molecule has 0 bridgehead atoms. The first-order valence-electron chi connectivity index (χ1n) is 6.56. The first-order chi connectivity index (χ1) is 9.78. The summed E-state index contributed by atoms with van der Waals surface area (Å²) >= 11 is 0. The minimum atomic E-state index is -0.139. The van der Waals surface area contributed by atoms with Crippen LogP contribution in [-0.2, 0) is 11.2 Å². The normalized spacial score (nSPS) is 18.6. The van der Waals surface area contributed by atoms with Gasteiger partial charge in [-0.25, -0.2) is 0 Å². The van der Waals surface area contributed by atoms with E-state index in [-0.39, 0.29) is 12.0 Å². The summed E-state index contributed by atoms with van der Waals surface area (Å²) in [7, 11) is 1.62. The molecule has 106 valence electrons. The zero-order chi connectivity index (χ0) is 13.9. The van der Waals surface area contributed by atoms with Crippen molar-refractivity contribution >= 4 is 0 Å². The SMILES string of the molecule is COCC(N)Cc1nc(C2COc3ccccc32)no1. The summed E-state index contributed by atoms with van der Waals surface area (Å²) in [5, 5.41) is 4.05. The van der Waals surface area contributed by atoms with Crippen LogP contribution in [-0.4, -0.2) is 36.5 Å². The number of hydrogen-bond acceptors (Lipinski definition) is 6. The van der Waals surface area contributed by atoms with Gasteiger partial charge in [-0.2, -0.15) is 4.98 Å². The highest BCUT2D eigenvalue weighted by Gasteiger charge is 2.29. The minimum absolute atomic E-state index is 0.0300. The van der Waals surface area contributed by atoms with Gasteiger partial charge in [-0.3, -0.25) is 0 Å². The molecule has 2 atom stereocenters. The van der Waals surface area contributed by atoms with Gasteiger partial charge in [0, 0.05) is 25.1 Å². The topological polar surface area (TPSA) is 83.4 Å². The largest absolute Gasteiger partial charge is 0.492 e. The van der Waals surface area contributed by atoms with Crippen LogP contribution < -0.4 is 10.5 Å². The number of aromatic nitrogens is 2. The molecule has 20 heavy (non-hydrogen) atoms. The van der Waals surface area contributed by atoms with E-state index in [1.807, 2.05) is 24.3 Å². The number of nitrogens with zero attached hydrogens (tertiary/aromatic N) is 2. The van der Waals surface area contributed by atoms with Gasteiger partial charge in [0.05, 0.1) is 12.5 Å². The van der Waals surface area contributed by atoms with Crippen LogP contribution in [0.15, 0.2) is 28.8 Å². The third-order valence-corrected chi connectivity index (χ3v) is 3.31. The molecular formula is C14H17N3O3. The van der Waals surface area contributed by atoms with Crippen molar-refractivity contribution in [2.24, 2.45) is 5.73 Å². The first-order valence-corrected chi connectivity index (χ1v) is 6.56. The van der Waals surface area contributed by atoms with Crippen molar-refractivity contribution in [2.75, 3.05) is 20.3 Å². The fourth-order valence-electron chi connectivity index (χ4n) is 2.37. The molecule has 2 N–H and O–H groups in total. The molecule has 0 amide bonds. The van der Waals surface area contributed by atoms with Crippen LogP contribution in [0.5, 0.6) is 5.75 Å². The summed E-state index contributed by atoms with van der Waals surface area (Å²) in [6.07, 6.45) is 0.510. The van der Waals surface area contributed by atoms with E-state index >= 15 is 0 Å². The Bertz CT molecular complexity index is 585. The van der Waals surface area contributed by atoms with Crippen molar-refractivity contribution in [3.05, 3.63) is 41.5 Å². The third kappa shape index (κ3) is 2.52. The summed E-state index contributed by atoms with van der Waals surface area (Å²) in [4.78, 5) is 4.42. The number of hydrogen-bond donors (Lipinski definition) is 1. The van der Waals surface area contributed by atoms with E-state index in [1.165, 1.54) is 0 Å². The molecule has 6 nitrogen and oxygen atoms in total. The van der Waals surface area contributed by atoms with Gasteiger partial charge in [-0.1, -0.05) is 23.4 Å². The molecule has 0 aliphatic carbocycles. The molecule has 0 saturated heterocycles. The molecule has 2 aromatic rings. The van der Waals surface area contributed by atoms with E-state index in [4.69, 9.17) is 19.7 Å². The van der Waals surface area contributed by atoms with Crippen molar-refractivity contribution in [1.82, 2.24) is 10.1 Å². The second-order valence-corrected chi connectivity index (χ2v) is 4.87. The Morgan fingerprint density at radius 2 is 2.30 bits per heavy atom. The number of benzene rings is 1. The highest BCUT2D eigenvalue weighted by atomic mass is 16.5. The highest BCUT2D eigenvalue weighted by Crippen LogP contribution is 2.36. The lowest BCUT2D eigenvalue weighted by Gasteiger charge is -2.05. The number of methoxy groups -OCH3 is 1. The van der Waals surface area contributed by atoms with Gasteiger partial charge in [-0.05, 0) is 6.07 Å². The van der Waals surface area contributed by atoms with E-state index in [9.17, 15) is 0 Å². The van der Waals surface area contributed by atoms with Crippen molar-refractivity contribution in [1.29, 1.82) is 0 Å². The maximum atomic E-state index is 5.88. The molecule has 2 unspecified atom stereocenters. The Morgan fingerprint density at radius 1 is 1.45 bits per heavy atom. The van der Waals surface area contributed by atoms with Crippen LogP contribution in [0.1, 0.15) is 23.2 Å². The van der Waals surface area contributed by atoms with Crippen LogP contribution in [0.2, 0.25) is 0 Å². The van der Waals surface area contributed by atoms with Gasteiger partial charge >= 0.3 is 0 Å². The zero-order valence-corrected chi connectivity index (χ0v) is 11.3. The van der Waals surface area contributed by atoms with Gasteiger partial charge in [0.2, 0.25) is 5.89 Å². The molecule has 1 aliphatic heterocycles. The summed E-state index contributed by atoms with van der Waals surface area (Å²) in [5.41, 5.74) is 6.98. The second kappa shape index (κ2) is 5.60. The number of rotatable bonds is 5.